The second-order valence-electron chi connectivity index (χ2n) is 5.73. The van der Waals surface area contributed by atoms with E-state index in [1.807, 2.05) is 13.8 Å². The molecule has 0 aromatic heterocycles. The first kappa shape index (κ1) is 19.8. The van der Waals surface area contributed by atoms with E-state index < -0.39 is 30.5 Å². The van der Waals surface area contributed by atoms with Gasteiger partial charge in [-0.2, -0.15) is 0 Å². The zero-order valence-electron chi connectivity index (χ0n) is 14.2. The first-order valence-electron chi connectivity index (χ1n) is 7.93. The normalized spacial score (nSPS) is 18.6. The lowest BCUT2D eigenvalue weighted by molar-refractivity contribution is -0.274. The summed E-state index contributed by atoms with van der Waals surface area (Å²) in [6, 6.07) is 4.76. The largest absolute Gasteiger partial charge is 0.573 e. The van der Waals surface area contributed by atoms with Crippen LogP contribution in [-0.2, 0) is 14.3 Å². The fourth-order valence-corrected chi connectivity index (χ4v) is 2.12. The van der Waals surface area contributed by atoms with Crippen LogP contribution in [-0.4, -0.2) is 37.9 Å². The number of amides is 2. The smallest absolute Gasteiger partial charge is 0.406 e. The molecule has 1 aliphatic heterocycles. The number of ether oxygens (including phenoxy) is 3. The van der Waals surface area contributed by atoms with Crippen molar-refractivity contribution in [2.45, 2.75) is 33.0 Å². The van der Waals surface area contributed by atoms with E-state index in [0.29, 0.717) is 6.54 Å². The summed E-state index contributed by atoms with van der Waals surface area (Å²) < 4.78 is 51.0. The van der Waals surface area contributed by atoms with E-state index in [9.17, 15) is 22.8 Å². The van der Waals surface area contributed by atoms with Crippen molar-refractivity contribution in [1.29, 1.82) is 0 Å². The van der Waals surface area contributed by atoms with Gasteiger partial charge in [0, 0.05) is 12.6 Å². The Morgan fingerprint density at radius 3 is 2.85 bits per heavy atom. The Kier molecular flexibility index (Phi) is 6.30. The third kappa shape index (κ3) is 5.51. The lowest BCUT2D eigenvalue weighted by Crippen LogP contribution is -2.40. The molecule has 7 nitrogen and oxygen atoms in total. The van der Waals surface area contributed by atoms with Crippen molar-refractivity contribution in [3.8, 4) is 5.75 Å². The molecule has 1 aromatic carbocycles. The summed E-state index contributed by atoms with van der Waals surface area (Å²) in [5, 5.41) is 2.54. The predicted molar refractivity (Wildman–Crippen MR) is 84.3 cm³/mol. The summed E-state index contributed by atoms with van der Waals surface area (Å²) >= 11 is 0. The van der Waals surface area contributed by atoms with Crippen LogP contribution in [0.3, 0.4) is 0 Å². The average molecular weight is 376 g/mol. The molecule has 144 valence electrons. The van der Waals surface area contributed by atoms with Crippen molar-refractivity contribution >= 4 is 17.7 Å². The first-order valence-corrected chi connectivity index (χ1v) is 7.93. The van der Waals surface area contributed by atoms with Gasteiger partial charge in [0.25, 0.3) is 12.3 Å². The third-order valence-corrected chi connectivity index (χ3v) is 3.66. The molecule has 0 saturated carbocycles. The Labute approximate surface area is 148 Å². The molecule has 1 N–H and O–H groups in total. The maximum Gasteiger partial charge on any atom is 0.573 e. The van der Waals surface area contributed by atoms with Crippen molar-refractivity contribution in [3.63, 3.8) is 0 Å². The zero-order chi connectivity index (χ0) is 19.3. The summed E-state index contributed by atoms with van der Waals surface area (Å²) in [6.45, 7) is 3.92. The first-order chi connectivity index (χ1) is 12.2. The van der Waals surface area contributed by atoms with E-state index in [2.05, 4.69) is 10.1 Å². The predicted octanol–water partition coefficient (Wildman–Crippen LogP) is 3.00. The molecule has 1 fully saturated rings. The summed E-state index contributed by atoms with van der Waals surface area (Å²) in [7, 11) is 0. The molecule has 26 heavy (non-hydrogen) atoms. The number of hydrogen-bond acceptors (Lipinski definition) is 5. The van der Waals surface area contributed by atoms with Gasteiger partial charge in [-0.05, 0) is 18.1 Å². The molecular formula is C16H19F3N2O5. The van der Waals surface area contributed by atoms with E-state index in [1.165, 1.54) is 12.1 Å². The molecule has 2 amide bonds. The van der Waals surface area contributed by atoms with Gasteiger partial charge in [-0.25, -0.2) is 9.69 Å². The quantitative estimate of drug-likeness (QED) is 0.826. The average Bonchev–Trinajstić information content (AvgIpc) is 2.91. The molecule has 0 radical (unpaired) electrons. The number of anilines is 1. The minimum absolute atomic E-state index is 0.0500. The van der Waals surface area contributed by atoms with Gasteiger partial charge in [0.2, 0.25) is 0 Å². The molecule has 2 atom stereocenters. The minimum atomic E-state index is -4.87. The SMILES string of the molecule is CCC(C)CNC(=O)OC1OCC(=O)N1c1cccc(OC(F)(F)F)c1. The van der Waals surface area contributed by atoms with Crippen LogP contribution in [0.25, 0.3) is 0 Å². The molecule has 2 rings (SSSR count). The Balaban J connectivity index is 2.07. The van der Waals surface area contributed by atoms with E-state index in [4.69, 9.17) is 9.47 Å². The second kappa shape index (κ2) is 8.26. The molecule has 1 aliphatic rings. The van der Waals surface area contributed by atoms with Crippen molar-refractivity contribution < 1.29 is 37.0 Å². The number of alkyl halides is 3. The number of halogens is 3. The Morgan fingerprint density at radius 2 is 2.19 bits per heavy atom. The zero-order valence-corrected chi connectivity index (χ0v) is 14.2. The van der Waals surface area contributed by atoms with E-state index in [0.717, 1.165) is 23.5 Å². The van der Waals surface area contributed by atoms with E-state index in [-0.39, 0.29) is 18.2 Å². The number of rotatable bonds is 6. The molecule has 1 saturated heterocycles. The van der Waals surface area contributed by atoms with Gasteiger partial charge < -0.3 is 19.5 Å². The Morgan fingerprint density at radius 1 is 1.46 bits per heavy atom. The van der Waals surface area contributed by atoms with Crippen molar-refractivity contribution in [2.24, 2.45) is 5.92 Å². The van der Waals surface area contributed by atoms with Gasteiger partial charge in [0.1, 0.15) is 12.4 Å². The van der Waals surface area contributed by atoms with Gasteiger partial charge in [-0.15, -0.1) is 13.2 Å². The minimum Gasteiger partial charge on any atom is -0.406 e. The lowest BCUT2D eigenvalue weighted by atomic mass is 10.1. The van der Waals surface area contributed by atoms with Gasteiger partial charge in [0.05, 0.1) is 5.69 Å². The standard InChI is InChI=1S/C16H19F3N2O5/c1-3-10(2)8-20-14(23)25-15-21(13(22)9-24-15)11-5-4-6-12(7-11)26-16(17,18)19/h4-7,10,15H,3,8-9H2,1-2H3,(H,20,23). The lowest BCUT2D eigenvalue weighted by Gasteiger charge is -2.23. The molecule has 1 aromatic rings. The fraction of sp³-hybridized carbons (Fsp3) is 0.500. The van der Waals surface area contributed by atoms with Crippen LogP contribution in [0, 0.1) is 5.92 Å². The maximum atomic E-state index is 12.3. The van der Waals surface area contributed by atoms with Crippen LogP contribution >= 0.6 is 0 Å². The Bertz CT molecular complexity index is 653. The van der Waals surface area contributed by atoms with Crippen LogP contribution in [0.1, 0.15) is 20.3 Å². The fourth-order valence-electron chi connectivity index (χ4n) is 2.12. The third-order valence-electron chi connectivity index (χ3n) is 3.66. The number of nitrogens with one attached hydrogen (secondary N) is 1. The number of benzene rings is 1. The molecule has 2 unspecified atom stereocenters. The van der Waals surface area contributed by atoms with Crippen LogP contribution in [0.15, 0.2) is 24.3 Å². The molecule has 0 aliphatic carbocycles. The van der Waals surface area contributed by atoms with E-state index >= 15 is 0 Å². The monoisotopic (exact) mass is 376 g/mol. The molecule has 1 heterocycles. The van der Waals surface area contributed by atoms with Crippen LogP contribution in [0.2, 0.25) is 0 Å². The highest BCUT2D eigenvalue weighted by atomic mass is 19.4. The van der Waals surface area contributed by atoms with Crippen LogP contribution in [0.4, 0.5) is 23.7 Å². The maximum absolute atomic E-state index is 12.3. The number of alkyl carbamates (subject to hydrolysis) is 1. The topological polar surface area (TPSA) is 77.1 Å². The second-order valence-corrected chi connectivity index (χ2v) is 5.73. The Hall–Kier alpha value is -2.49. The molecule has 0 spiro atoms. The van der Waals surface area contributed by atoms with Crippen molar-refractivity contribution in [2.75, 3.05) is 18.1 Å². The highest BCUT2D eigenvalue weighted by molar-refractivity contribution is 5.96. The highest BCUT2D eigenvalue weighted by Crippen LogP contribution is 2.29. The summed E-state index contributed by atoms with van der Waals surface area (Å²) in [5.74, 6) is -0.829. The van der Waals surface area contributed by atoms with Crippen LogP contribution in [0.5, 0.6) is 5.75 Å². The van der Waals surface area contributed by atoms with Gasteiger partial charge in [-0.3, -0.25) is 4.79 Å². The molecule has 0 bridgehead atoms. The molecule has 10 heteroatoms. The summed E-state index contributed by atoms with van der Waals surface area (Å²) in [6.07, 6.45) is -6.18. The van der Waals surface area contributed by atoms with Crippen LogP contribution < -0.4 is 15.0 Å². The summed E-state index contributed by atoms with van der Waals surface area (Å²) in [4.78, 5) is 24.8. The van der Waals surface area contributed by atoms with Crippen molar-refractivity contribution in [1.82, 2.24) is 5.32 Å². The molecular weight excluding hydrogens is 357 g/mol. The van der Waals surface area contributed by atoms with Crippen molar-refractivity contribution in [3.05, 3.63) is 24.3 Å². The number of nitrogens with zero attached hydrogens (tertiary/aromatic N) is 1. The van der Waals surface area contributed by atoms with Gasteiger partial charge in [-0.1, -0.05) is 26.3 Å². The van der Waals surface area contributed by atoms with Gasteiger partial charge >= 0.3 is 12.5 Å². The van der Waals surface area contributed by atoms with Gasteiger partial charge in [0.15, 0.2) is 0 Å². The summed E-state index contributed by atoms with van der Waals surface area (Å²) in [5.41, 5.74) is 0.0500. The highest BCUT2D eigenvalue weighted by Gasteiger charge is 2.37. The number of carbonyl (C=O) groups is 2. The number of carbonyl (C=O) groups excluding carboxylic acids is 2. The van der Waals surface area contributed by atoms with E-state index in [1.54, 1.807) is 0 Å². The number of hydrogen-bond donors (Lipinski definition) is 1.